The molecule has 8 heteroatoms. The van der Waals surface area contributed by atoms with Crippen LogP contribution in [0.2, 0.25) is 10.0 Å². The van der Waals surface area contributed by atoms with Crippen molar-refractivity contribution < 1.29 is 8.42 Å². The van der Waals surface area contributed by atoms with Crippen molar-refractivity contribution in [3.05, 3.63) is 58.3 Å². The van der Waals surface area contributed by atoms with E-state index in [4.69, 9.17) is 28.6 Å². The number of rotatable bonds is 6. The Labute approximate surface area is 138 Å². The lowest BCUT2D eigenvalue weighted by atomic mass is 10.1. The van der Waals surface area contributed by atoms with Crippen molar-refractivity contribution in [2.24, 2.45) is 0 Å². The number of halogens is 2. The zero-order valence-corrected chi connectivity index (χ0v) is 13.7. The molecule has 0 spiro atoms. The van der Waals surface area contributed by atoms with Gasteiger partial charge in [-0.1, -0.05) is 29.3 Å². The van der Waals surface area contributed by atoms with E-state index in [9.17, 15) is 8.42 Å². The molecular weight excluding hydrogens is 345 g/mol. The summed E-state index contributed by atoms with van der Waals surface area (Å²) in [6.45, 7) is 0.107. The normalized spacial score (nSPS) is 11.4. The molecule has 0 saturated carbocycles. The molecule has 0 aliphatic rings. The van der Waals surface area contributed by atoms with Crippen molar-refractivity contribution in [1.29, 1.82) is 5.41 Å². The van der Waals surface area contributed by atoms with Crippen LogP contribution >= 0.6 is 23.2 Å². The second-order valence-corrected chi connectivity index (χ2v) is 7.03. The van der Waals surface area contributed by atoms with Gasteiger partial charge in [-0.25, -0.2) is 13.1 Å². The predicted molar refractivity (Wildman–Crippen MR) is 87.3 cm³/mol. The molecule has 2 N–H and O–H groups in total. The van der Waals surface area contributed by atoms with Crippen molar-refractivity contribution in [3.8, 4) is 0 Å². The lowest BCUT2D eigenvalue weighted by molar-refractivity contribution is 0.582. The molecule has 1 aromatic heterocycles. The van der Waals surface area contributed by atoms with Crippen LogP contribution in [0.5, 0.6) is 0 Å². The Bertz CT molecular complexity index is 780. The molecule has 116 valence electrons. The predicted octanol–water partition coefficient (Wildman–Crippen LogP) is 3.12. The average Bonchev–Trinajstić information content (AvgIpc) is 2.50. The van der Waals surface area contributed by atoms with Gasteiger partial charge < -0.3 is 5.41 Å². The van der Waals surface area contributed by atoms with E-state index >= 15 is 0 Å². The van der Waals surface area contributed by atoms with E-state index in [1.54, 1.807) is 24.3 Å². The Balaban J connectivity index is 1.96. The van der Waals surface area contributed by atoms with Gasteiger partial charge >= 0.3 is 0 Å². The lowest BCUT2D eigenvalue weighted by Crippen LogP contribution is -2.26. The van der Waals surface area contributed by atoms with Crippen LogP contribution in [0.3, 0.4) is 0 Å². The fourth-order valence-corrected chi connectivity index (χ4v) is 3.02. The number of aromatic nitrogens is 1. The summed E-state index contributed by atoms with van der Waals surface area (Å²) < 4.78 is 26.4. The summed E-state index contributed by atoms with van der Waals surface area (Å²) >= 11 is 11.7. The van der Waals surface area contributed by atoms with Crippen molar-refractivity contribution in [1.82, 2.24) is 9.71 Å². The molecule has 0 atom stereocenters. The van der Waals surface area contributed by atoms with E-state index in [0.29, 0.717) is 15.6 Å². The molecule has 5 nitrogen and oxygen atoms in total. The van der Waals surface area contributed by atoms with Crippen LogP contribution in [0.1, 0.15) is 12.0 Å². The highest BCUT2D eigenvalue weighted by molar-refractivity contribution is 7.89. The molecule has 2 aromatic rings. The summed E-state index contributed by atoms with van der Waals surface area (Å²) in [5, 5.41) is 8.73. The quantitative estimate of drug-likeness (QED) is 0.779. The third kappa shape index (κ3) is 4.27. The van der Waals surface area contributed by atoms with Crippen molar-refractivity contribution in [2.75, 3.05) is 6.54 Å². The van der Waals surface area contributed by atoms with Gasteiger partial charge in [0.25, 0.3) is 0 Å². The molecule has 1 heterocycles. The molecule has 0 amide bonds. The third-order valence-electron chi connectivity index (χ3n) is 2.88. The first kappa shape index (κ1) is 16.9. The molecule has 0 aliphatic heterocycles. The van der Waals surface area contributed by atoms with Crippen LogP contribution in [0.25, 0.3) is 0 Å². The van der Waals surface area contributed by atoms with E-state index < -0.39 is 10.0 Å². The molecular formula is C14H13Cl2N3O2S. The Hall–Kier alpha value is -1.47. The molecule has 0 bridgehead atoms. The van der Waals surface area contributed by atoms with Crippen LogP contribution in [-0.4, -0.2) is 25.7 Å². The first-order valence-corrected chi connectivity index (χ1v) is 8.56. The largest absolute Gasteiger partial charge is 0.305 e. The Morgan fingerprint density at radius 3 is 2.64 bits per heavy atom. The molecule has 0 saturated heterocycles. The van der Waals surface area contributed by atoms with Crippen LogP contribution in [0, 0.1) is 5.41 Å². The van der Waals surface area contributed by atoms with Gasteiger partial charge in [0, 0.05) is 31.1 Å². The SMILES string of the molecule is N=C(CCNS(=O)(=O)c1cccnc1)c1ccc(Cl)c(Cl)c1. The summed E-state index contributed by atoms with van der Waals surface area (Å²) in [6, 6.07) is 7.87. The fraction of sp³-hybridized carbons (Fsp3) is 0.143. The zero-order chi connectivity index (χ0) is 16.2. The van der Waals surface area contributed by atoms with Crippen molar-refractivity contribution in [2.45, 2.75) is 11.3 Å². The van der Waals surface area contributed by atoms with Crippen LogP contribution in [0.15, 0.2) is 47.6 Å². The summed E-state index contributed by atoms with van der Waals surface area (Å²) in [5.74, 6) is 0. The minimum Gasteiger partial charge on any atom is -0.305 e. The highest BCUT2D eigenvalue weighted by atomic mass is 35.5. The van der Waals surface area contributed by atoms with Crippen LogP contribution in [0.4, 0.5) is 0 Å². The van der Waals surface area contributed by atoms with E-state index in [1.807, 2.05) is 0 Å². The highest BCUT2D eigenvalue weighted by Gasteiger charge is 2.13. The van der Waals surface area contributed by atoms with Gasteiger partial charge in [-0.15, -0.1) is 0 Å². The second kappa shape index (κ2) is 7.19. The zero-order valence-electron chi connectivity index (χ0n) is 11.4. The van der Waals surface area contributed by atoms with Crippen molar-refractivity contribution >= 4 is 38.9 Å². The van der Waals surface area contributed by atoms with E-state index in [2.05, 4.69) is 9.71 Å². The maximum absolute atomic E-state index is 12.0. The maximum Gasteiger partial charge on any atom is 0.242 e. The first-order chi connectivity index (χ1) is 10.4. The Morgan fingerprint density at radius 2 is 2.00 bits per heavy atom. The number of nitrogens with zero attached hydrogens (tertiary/aromatic N) is 1. The number of benzene rings is 1. The standard InChI is InChI=1S/C14H13Cl2N3O2S/c15-12-4-3-10(8-13(12)16)14(17)5-7-19-22(20,21)11-2-1-6-18-9-11/h1-4,6,8-9,17,19H,5,7H2. The number of sulfonamides is 1. The van der Waals surface area contributed by atoms with Gasteiger partial charge in [0.1, 0.15) is 4.90 Å². The van der Waals surface area contributed by atoms with Gasteiger partial charge in [-0.3, -0.25) is 4.98 Å². The van der Waals surface area contributed by atoms with Gasteiger partial charge in [0.2, 0.25) is 10.0 Å². The highest BCUT2D eigenvalue weighted by Crippen LogP contribution is 2.23. The first-order valence-electron chi connectivity index (χ1n) is 6.33. The average molecular weight is 358 g/mol. The third-order valence-corrected chi connectivity index (χ3v) is 5.07. The summed E-state index contributed by atoms with van der Waals surface area (Å²) in [6.07, 6.45) is 3.00. The van der Waals surface area contributed by atoms with Crippen LogP contribution < -0.4 is 4.72 Å². The number of hydrogen-bond donors (Lipinski definition) is 2. The molecule has 0 aliphatic carbocycles. The molecule has 22 heavy (non-hydrogen) atoms. The topological polar surface area (TPSA) is 82.9 Å². The van der Waals surface area contributed by atoms with E-state index in [1.165, 1.54) is 18.5 Å². The monoisotopic (exact) mass is 357 g/mol. The smallest absolute Gasteiger partial charge is 0.242 e. The molecule has 2 rings (SSSR count). The summed E-state index contributed by atoms with van der Waals surface area (Å²) in [7, 11) is -3.61. The number of nitrogens with one attached hydrogen (secondary N) is 2. The summed E-state index contributed by atoms with van der Waals surface area (Å²) in [5.41, 5.74) is 0.877. The Morgan fingerprint density at radius 1 is 1.23 bits per heavy atom. The fourth-order valence-electron chi connectivity index (χ4n) is 1.73. The molecule has 0 radical (unpaired) electrons. The summed E-state index contributed by atoms with van der Waals surface area (Å²) in [4.78, 5) is 3.86. The Kier molecular flexibility index (Phi) is 5.52. The van der Waals surface area contributed by atoms with Crippen LogP contribution in [-0.2, 0) is 10.0 Å². The number of hydrogen-bond acceptors (Lipinski definition) is 4. The van der Waals surface area contributed by atoms with Crippen molar-refractivity contribution in [3.63, 3.8) is 0 Å². The van der Waals surface area contributed by atoms with Gasteiger partial charge in [-0.2, -0.15) is 0 Å². The molecule has 1 aromatic carbocycles. The van der Waals surface area contributed by atoms with Gasteiger partial charge in [0.05, 0.1) is 10.0 Å². The van der Waals surface area contributed by atoms with E-state index in [-0.39, 0.29) is 23.6 Å². The maximum atomic E-state index is 12.0. The minimum atomic E-state index is -3.61. The van der Waals surface area contributed by atoms with E-state index in [0.717, 1.165) is 0 Å². The minimum absolute atomic E-state index is 0.0936. The number of pyridine rings is 1. The lowest BCUT2D eigenvalue weighted by Gasteiger charge is -2.08. The van der Waals surface area contributed by atoms with Gasteiger partial charge in [-0.05, 0) is 29.8 Å². The van der Waals surface area contributed by atoms with Gasteiger partial charge in [0.15, 0.2) is 0 Å². The second-order valence-electron chi connectivity index (χ2n) is 4.44. The molecule has 0 unspecified atom stereocenters. The molecule has 0 fully saturated rings.